The van der Waals surface area contributed by atoms with Crippen LogP contribution >= 0.6 is 0 Å². The summed E-state index contributed by atoms with van der Waals surface area (Å²) in [5.41, 5.74) is 5.70. The molecule has 0 spiro atoms. The third kappa shape index (κ3) is 5.50. The maximum absolute atomic E-state index is 12.2. The molecule has 0 aromatic rings. The van der Waals surface area contributed by atoms with Crippen molar-refractivity contribution in [2.75, 3.05) is 19.6 Å². The van der Waals surface area contributed by atoms with Crippen molar-refractivity contribution < 1.29 is 4.79 Å². The highest BCUT2D eigenvalue weighted by Gasteiger charge is 2.22. The molecular weight excluding hydrogens is 200 g/mol. The van der Waals surface area contributed by atoms with Crippen LogP contribution in [0.25, 0.3) is 0 Å². The van der Waals surface area contributed by atoms with Crippen molar-refractivity contribution in [3.63, 3.8) is 0 Å². The number of carbonyl (C=O) groups is 1. The Morgan fingerprint density at radius 3 is 2.31 bits per heavy atom. The van der Waals surface area contributed by atoms with Crippen LogP contribution in [0.15, 0.2) is 0 Å². The summed E-state index contributed by atoms with van der Waals surface area (Å²) in [6.45, 7) is 10.6. The number of carbonyl (C=O) groups excluding carboxylic acids is 1. The predicted molar refractivity (Wildman–Crippen MR) is 69.2 cm³/mol. The minimum atomic E-state index is 0.0109. The van der Waals surface area contributed by atoms with Crippen LogP contribution in [0, 0.1) is 11.8 Å². The minimum absolute atomic E-state index is 0.0109. The summed E-state index contributed by atoms with van der Waals surface area (Å²) in [5, 5.41) is 0. The normalized spacial score (nSPS) is 12.9. The van der Waals surface area contributed by atoms with Crippen molar-refractivity contribution >= 4 is 5.91 Å². The van der Waals surface area contributed by atoms with E-state index in [-0.39, 0.29) is 11.8 Å². The van der Waals surface area contributed by atoms with Gasteiger partial charge in [0.1, 0.15) is 0 Å². The van der Waals surface area contributed by atoms with Gasteiger partial charge in [-0.05, 0) is 25.7 Å². The van der Waals surface area contributed by atoms with Gasteiger partial charge in [0.25, 0.3) is 0 Å². The Labute approximate surface area is 100 Å². The molecule has 16 heavy (non-hydrogen) atoms. The van der Waals surface area contributed by atoms with Gasteiger partial charge in [0.2, 0.25) is 5.91 Å². The maximum Gasteiger partial charge on any atom is 0.226 e. The first-order valence-corrected chi connectivity index (χ1v) is 6.55. The maximum atomic E-state index is 12.2. The molecule has 0 saturated heterocycles. The van der Waals surface area contributed by atoms with E-state index in [4.69, 9.17) is 5.73 Å². The molecule has 0 radical (unpaired) electrons. The fraction of sp³-hybridized carbons (Fsp3) is 0.923. The van der Waals surface area contributed by atoms with Gasteiger partial charge in [0.15, 0.2) is 0 Å². The van der Waals surface area contributed by atoms with E-state index in [1.165, 1.54) is 0 Å². The Morgan fingerprint density at radius 1 is 1.31 bits per heavy atom. The summed E-state index contributed by atoms with van der Waals surface area (Å²) in [6, 6.07) is 0. The Hall–Kier alpha value is -0.570. The first kappa shape index (κ1) is 15.4. The molecular formula is C13H28N2O. The largest absolute Gasteiger partial charge is 0.343 e. The Kier molecular flexibility index (Phi) is 8.26. The van der Waals surface area contributed by atoms with E-state index in [0.717, 1.165) is 32.4 Å². The molecule has 1 atom stereocenters. The van der Waals surface area contributed by atoms with E-state index < -0.39 is 0 Å². The molecule has 0 aromatic heterocycles. The molecule has 0 saturated carbocycles. The van der Waals surface area contributed by atoms with E-state index >= 15 is 0 Å². The molecule has 0 aliphatic carbocycles. The van der Waals surface area contributed by atoms with E-state index in [1.54, 1.807) is 0 Å². The standard InChI is InChI=1S/C13H28N2O/c1-5-7-8-15(6-2)13(16)12(10-14)9-11(3)4/h11-12H,5-10,14H2,1-4H3. The number of rotatable bonds is 8. The van der Waals surface area contributed by atoms with Crippen molar-refractivity contribution in [3.8, 4) is 0 Å². The lowest BCUT2D eigenvalue weighted by Crippen LogP contribution is -2.40. The molecule has 3 nitrogen and oxygen atoms in total. The van der Waals surface area contributed by atoms with Gasteiger partial charge in [0, 0.05) is 19.6 Å². The number of nitrogens with zero attached hydrogens (tertiary/aromatic N) is 1. The second kappa shape index (κ2) is 8.57. The number of amides is 1. The lowest BCUT2D eigenvalue weighted by Gasteiger charge is -2.26. The molecule has 0 rings (SSSR count). The van der Waals surface area contributed by atoms with Crippen LogP contribution in [0.4, 0.5) is 0 Å². The molecule has 0 bridgehead atoms. The zero-order chi connectivity index (χ0) is 12.6. The van der Waals surface area contributed by atoms with Gasteiger partial charge in [-0.2, -0.15) is 0 Å². The molecule has 0 aromatic carbocycles. The zero-order valence-electron chi connectivity index (χ0n) is 11.3. The fourth-order valence-corrected chi connectivity index (χ4v) is 1.90. The average molecular weight is 228 g/mol. The van der Waals surface area contributed by atoms with Crippen molar-refractivity contribution in [1.82, 2.24) is 4.90 Å². The van der Waals surface area contributed by atoms with Crippen LogP contribution in [0.2, 0.25) is 0 Å². The average Bonchev–Trinajstić information content (AvgIpc) is 2.26. The Bertz CT molecular complexity index is 192. The number of hydrogen-bond donors (Lipinski definition) is 1. The highest BCUT2D eigenvalue weighted by molar-refractivity contribution is 5.79. The smallest absolute Gasteiger partial charge is 0.226 e. The summed E-state index contributed by atoms with van der Waals surface area (Å²) in [4.78, 5) is 14.1. The number of unbranched alkanes of at least 4 members (excludes halogenated alkanes) is 1. The number of hydrogen-bond acceptors (Lipinski definition) is 2. The van der Waals surface area contributed by atoms with Gasteiger partial charge in [-0.25, -0.2) is 0 Å². The summed E-state index contributed by atoms with van der Waals surface area (Å²) < 4.78 is 0. The van der Waals surface area contributed by atoms with Crippen LogP contribution in [-0.2, 0) is 4.79 Å². The summed E-state index contributed by atoms with van der Waals surface area (Å²) in [6.07, 6.45) is 3.11. The summed E-state index contributed by atoms with van der Waals surface area (Å²) in [7, 11) is 0. The second-order valence-corrected chi connectivity index (χ2v) is 4.83. The van der Waals surface area contributed by atoms with Gasteiger partial charge < -0.3 is 10.6 Å². The van der Waals surface area contributed by atoms with Gasteiger partial charge in [0.05, 0.1) is 5.92 Å². The molecule has 2 N–H and O–H groups in total. The fourth-order valence-electron chi connectivity index (χ4n) is 1.90. The lowest BCUT2D eigenvalue weighted by molar-refractivity contribution is -0.135. The monoisotopic (exact) mass is 228 g/mol. The summed E-state index contributed by atoms with van der Waals surface area (Å²) >= 11 is 0. The van der Waals surface area contributed by atoms with Crippen LogP contribution < -0.4 is 5.73 Å². The van der Waals surface area contributed by atoms with Crippen LogP contribution in [0.5, 0.6) is 0 Å². The first-order chi connectivity index (χ1) is 7.56. The molecule has 96 valence electrons. The van der Waals surface area contributed by atoms with Gasteiger partial charge in [-0.15, -0.1) is 0 Å². The molecule has 1 amide bonds. The first-order valence-electron chi connectivity index (χ1n) is 6.55. The van der Waals surface area contributed by atoms with E-state index in [1.807, 2.05) is 11.8 Å². The molecule has 0 aliphatic heterocycles. The van der Waals surface area contributed by atoms with Crippen molar-refractivity contribution in [3.05, 3.63) is 0 Å². The summed E-state index contributed by atoms with van der Waals surface area (Å²) in [5.74, 6) is 0.784. The SMILES string of the molecule is CCCCN(CC)C(=O)C(CN)CC(C)C. The third-order valence-electron chi connectivity index (χ3n) is 2.86. The third-order valence-corrected chi connectivity index (χ3v) is 2.86. The number of nitrogens with two attached hydrogens (primary N) is 1. The van der Waals surface area contributed by atoms with Crippen molar-refractivity contribution in [2.24, 2.45) is 17.6 Å². The molecule has 3 heteroatoms. The molecule has 0 heterocycles. The quantitative estimate of drug-likeness (QED) is 0.692. The predicted octanol–water partition coefficient (Wildman–Crippen LogP) is 2.26. The highest BCUT2D eigenvalue weighted by atomic mass is 16.2. The Balaban J connectivity index is 4.32. The van der Waals surface area contributed by atoms with Crippen molar-refractivity contribution in [1.29, 1.82) is 0 Å². The topological polar surface area (TPSA) is 46.3 Å². The highest BCUT2D eigenvalue weighted by Crippen LogP contribution is 2.14. The van der Waals surface area contributed by atoms with E-state index in [2.05, 4.69) is 20.8 Å². The van der Waals surface area contributed by atoms with E-state index in [9.17, 15) is 4.79 Å². The van der Waals surface area contributed by atoms with Gasteiger partial charge >= 0.3 is 0 Å². The Morgan fingerprint density at radius 2 is 1.94 bits per heavy atom. The molecule has 0 aliphatic rings. The van der Waals surface area contributed by atoms with Gasteiger partial charge in [-0.1, -0.05) is 27.2 Å². The van der Waals surface area contributed by atoms with Gasteiger partial charge in [-0.3, -0.25) is 4.79 Å². The lowest BCUT2D eigenvalue weighted by atomic mass is 9.95. The zero-order valence-corrected chi connectivity index (χ0v) is 11.3. The van der Waals surface area contributed by atoms with E-state index in [0.29, 0.717) is 12.5 Å². The second-order valence-electron chi connectivity index (χ2n) is 4.83. The van der Waals surface area contributed by atoms with Crippen LogP contribution in [-0.4, -0.2) is 30.4 Å². The molecule has 1 unspecified atom stereocenters. The van der Waals surface area contributed by atoms with Crippen LogP contribution in [0.3, 0.4) is 0 Å². The minimum Gasteiger partial charge on any atom is -0.343 e. The van der Waals surface area contributed by atoms with Crippen molar-refractivity contribution in [2.45, 2.75) is 47.0 Å². The van der Waals surface area contributed by atoms with Crippen LogP contribution in [0.1, 0.15) is 47.0 Å². The molecule has 0 fully saturated rings.